The molecule has 0 aromatic heterocycles. The van der Waals surface area contributed by atoms with Crippen molar-refractivity contribution < 1.29 is 22.8 Å². The maximum Gasteiger partial charge on any atom is 0.416 e. The van der Waals surface area contributed by atoms with Crippen LogP contribution in [0.3, 0.4) is 0 Å². The van der Waals surface area contributed by atoms with Gasteiger partial charge < -0.3 is 10.6 Å². The van der Waals surface area contributed by atoms with E-state index in [9.17, 15) is 22.8 Å². The number of nitrogens with one attached hydrogen (secondary N) is 2. The molecule has 2 N–H and O–H groups in total. The first-order valence-corrected chi connectivity index (χ1v) is 10.4. The number of para-hydroxylation sites is 1. The maximum absolute atomic E-state index is 13.0. The molecule has 0 saturated heterocycles. The third kappa shape index (κ3) is 6.63. The van der Waals surface area contributed by atoms with Gasteiger partial charge in [0.2, 0.25) is 0 Å². The summed E-state index contributed by atoms with van der Waals surface area (Å²) in [6.45, 7) is 0.106. The van der Waals surface area contributed by atoms with E-state index < -0.39 is 23.7 Å². The van der Waals surface area contributed by atoms with Crippen LogP contribution in [0.15, 0.2) is 72.8 Å². The molecular weight excluding hydrogens is 478 g/mol. The molecule has 0 bridgehead atoms. The Kier molecular flexibility index (Phi) is 7.84. The number of carbonyl (C=O) groups is 2. The van der Waals surface area contributed by atoms with Gasteiger partial charge in [-0.25, -0.2) is 4.79 Å². The molecule has 0 radical (unpaired) electrons. The quantitative estimate of drug-likeness (QED) is 0.411. The molecule has 0 fully saturated rings. The minimum atomic E-state index is -4.53. The summed E-state index contributed by atoms with van der Waals surface area (Å²) in [5, 5.41) is 5.72. The number of nitrogens with zero attached hydrogens (tertiary/aromatic N) is 1. The first kappa shape index (κ1) is 24.4. The van der Waals surface area contributed by atoms with Gasteiger partial charge in [0.25, 0.3) is 5.91 Å². The largest absolute Gasteiger partial charge is 0.416 e. The van der Waals surface area contributed by atoms with Crippen LogP contribution < -0.4 is 15.5 Å². The van der Waals surface area contributed by atoms with Crippen molar-refractivity contribution in [3.8, 4) is 0 Å². The molecule has 0 aliphatic carbocycles. The predicted octanol–water partition coefficient (Wildman–Crippen LogP) is 6.48. The number of benzene rings is 3. The van der Waals surface area contributed by atoms with Crippen molar-refractivity contribution in [3.63, 3.8) is 0 Å². The molecule has 33 heavy (non-hydrogen) atoms. The lowest BCUT2D eigenvalue weighted by Crippen LogP contribution is -2.41. The first-order chi connectivity index (χ1) is 15.6. The molecule has 0 heterocycles. The number of hydrogen-bond donors (Lipinski definition) is 2. The van der Waals surface area contributed by atoms with Gasteiger partial charge in [0.15, 0.2) is 0 Å². The highest BCUT2D eigenvalue weighted by Crippen LogP contribution is 2.31. The van der Waals surface area contributed by atoms with E-state index in [1.54, 1.807) is 30.3 Å². The van der Waals surface area contributed by atoms with Gasteiger partial charge in [-0.1, -0.05) is 47.5 Å². The zero-order chi connectivity index (χ0) is 24.0. The summed E-state index contributed by atoms with van der Waals surface area (Å²) in [5.74, 6) is -0.456. The Morgan fingerprint density at radius 2 is 1.64 bits per heavy atom. The lowest BCUT2D eigenvalue weighted by Gasteiger charge is -2.24. The van der Waals surface area contributed by atoms with E-state index in [2.05, 4.69) is 10.6 Å². The molecule has 3 aromatic carbocycles. The van der Waals surface area contributed by atoms with Crippen molar-refractivity contribution in [1.82, 2.24) is 5.32 Å². The highest BCUT2D eigenvalue weighted by Gasteiger charge is 2.30. The van der Waals surface area contributed by atoms with E-state index in [4.69, 9.17) is 23.2 Å². The molecule has 10 heteroatoms. The summed E-state index contributed by atoms with van der Waals surface area (Å²) in [6.07, 6.45) is -4.53. The van der Waals surface area contributed by atoms with Crippen LogP contribution in [0.25, 0.3) is 0 Å². The average Bonchev–Trinajstić information content (AvgIpc) is 2.76. The van der Waals surface area contributed by atoms with E-state index >= 15 is 0 Å². The first-order valence-electron chi connectivity index (χ1n) is 9.69. The molecule has 0 atom stereocenters. The minimum Gasteiger partial charge on any atom is -0.350 e. The molecule has 172 valence electrons. The normalized spacial score (nSPS) is 11.1. The third-order valence-electron chi connectivity index (χ3n) is 4.55. The number of hydrogen-bond acceptors (Lipinski definition) is 2. The summed E-state index contributed by atoms with van der Waals surface area (Å²) in [4.78, 5) is 26.6. The van der Waals surface area contributed by atoms with Gasteiger partial charge in [0.05, 0.1) is 16.1 Å². The Labute approximate surface area is 198 Å². The van der Waals surface area contributed by atoms with Crippen molar-refractivity contribution in [2.75, 3.05) is 23.3 Å². The number of amides is 3. The van der Waals surface area contributed by atoms with Gasteiger partial charge in [-0.3, -0.25) is 9.69 Å². The van der Waals surface area contributed by atoms with Gasteiger partial charge >= 0.3 is 12.2 Å². The summed E-state index contributed by atoms with van der Waals surface area (Å²) < 4.78 is 38.9. The van der Waals surface area contributed by atoms with Crippen LogP contribution in [0.5, 0.6) is 0 Å². The second-order valence-electron chi connectivity index (χ2n) is 6.88. The van der Waals surface area contributed by atoms with E-state index in [0.717, 1.165) is 12.1 Å². The van der Waals surface area contributed by atoms with Crippen molar-refractivity contribution in [2.24, 2.45) is 0 Å². The fourth-order valence-corrected chi connectivity index (χ4v) is 3.46. The number of carbonyl (C=O) groups excluding carboxylic acids is 2. The molecule has 3 amide bonds. The number of urea groups is 1. The van der Waals surface area contributed by atoms with Crippen molar-refractivity contribution >= 4 is 46.5 Å². The van der Waals surface area contributed by atoms with Crippen molar-refractivity contribution in [1.29, 1.82) is 0 Å². The molecule has 0 unspecified atom stereocenters. The van der Waals surface area contributed by atoms with E-state index in [1.165, 1.54) is 35.2 Å². The number of alkyl halides is 3. The molecule has 3 rings (SSSR count). The Hall–Kier alpha value is -3.23. The van der Waals surface area contributed by atoms with Crippen molar-refractivity contribution in [3.05, 3.63) is 94.0 Å². The Morgan fingerprint density at radius 1 is 0.909 bits per heavy atom. The van der Waals surface area contributed by atoms with Crippen LogP contribution in [-0.4, -0.2) is 25.0 Å². The van der Waals surface area contributed by atoms with Crippen LogP contribution in [0.1, 0.15) is 15.9 Å². The number of rotatable bonds is 6. The summed E-state index contributed by atoms with van der Waals surface area (Å²) in [5.41, 5.74) is -0.159. The number of halogens is 5. The SMILES string of the molecule is O=C(NCCN(C(=O)Nc1cccc(C(F)(F)F)c1)c1ccccc1)c1ccc(Cl)cc1Cl. The number of anilines is 2. The van der Waals surface area contributed by atoms with E-state index in [1.807, 2.05) is 0 Å². The van der Waals surface area contributed by atoms with Gasteiger partial charge in [-0.2, -0.15) is 13.2 Å². The second-order valence-corrected chi connectivity index (χ2v) is 7.72. The Morgan fingerprint density at radius 3 is 2.30 bits per heavy atom. The zero-order valence-electron chi connectivity index (χ0n) is 17.0. The van der Waals surface area contributed by atoms with Gasteiger partial charge in [0.1, 0.15) is 0 Å². The highest BCUT2D eigenvalue weighted by atomic mass is 35.5. The molecule has 5 nitrogen and oxygen atoms in total. The fourth-order valence-electron chi connectivity index (χ4n) is 2.97. The Bertz CT molecular complexity index is 1140. The lowest BCUT2D eigenvalue weighted by atomic mass is 10.2. The maximum atomic E-state index is 13.0. The molecule has 0 aliphatic rings. The van der Waals surface area contributed by atoms with E-state index in [0.29, 0.717) is 10.7 Å². The summed E-state index contributed by atoms with van der Waals surface area (Å²) >= 11 is 11.9. The van der Waals surface area contributed by atoms with Crippen molar-refractivity contribution in [2.45, 2.75) is 6.18 Å². The standard InChI is InChI=1S/C23H18Cl2F3N3O2/c24-16-9-10-19(20(25)14-16)21(32)29-11-12-31(18-7-2-1-3-8-18)22(33)30-17-6-4-5-15(13-17)23(26,27)28/h1-10,13-14H,11-12H2,(H,29,32)(H,30,33). The monoisotopic (exact) mass is 495 g/mol. The topological polar surface area (TPSA) is 61.4 Å². The second kappa shape index (κ2) is 10.6. The van der Waals surface area contributed by atoms with Gasteiger partial charge in [-0.15, -0.1) is 0 Å². The zero-order valence-corrected chi connectivity index (χ0v) is 18.5. The molecule has 3 aromatic rings. The van der Waals surface area contributed by atoms with Crippen LogP contribution in [0.4, 0.5) is 29.3 Å². The minimum absolute atomic E-state index is 0.00672. The predicted molar refractivity (Wildman–Crippen MR) is 123 cm³/mol. The fraction of sp³-hybridized carbons (Fsp3) is 0.130. The van der Waals surface area contributed by atoms with E-state index in [-0.39, 0.29) is 29.4 Å². The van der Waals surface area contributed by atoms with Crippen LogP contribution in [-0.2, 0) is 6.18 Å². The van der Waals surface area contributed by atoms with Gasteiger partial charge in [0, 0.05) is 29.5 Å². The third-order valence-corrected chi connectivity index (χ3v) is 5.10. The molecule has 0 aliphatic heterocycles. The molecule has 0 spiro atoms. The molecular formula is C23H18Cl2F3N3O2. The smallest absolute Gasteiger partial charge is 0.350 e. The Balaban J connectivity index is 1.71. The van der Waals surface area contributed by atoms with Crippen LogP contribution in [0, 0.1) is 0 Å². The highest BCUT2D eigenvalue weighted by molar-refractivity contribution is 6.36. The molecule has 0 saturated carbocycles. The summed E-state index contributed by atoms with van der Waals surface area (Å²) in [6, 6.07) is 16.7. The van der Waals surface area contributed by atoms with Crippen LogP contribution in [0.2, 0.25) is 10.0 Å². The lowest BCUT2D eigenvalue weighted by molar-refractivity contribution is -0.137. The average molecular weight is 496 g/mol. The van der Waals surface area contributed by atoms with Crippen LogP contribution >= 0.6 is 23.2 Å². The summed E-state index contributed by atoms with van der Waals surface area (Å²) in [7, 11) is 0. The van der Waals surface area contributed by atoms with Gasteiger partial charge in [-0.05, 0) is 48.5 Å².